The third kappa shape index (κ3) is 2.79. The quantitative estimate of drug-likeness (QED) is 0.779. The van der Waals surface area contributed by atoms with E-state index in [1.807, 2.05) is 31.4 Å². The number of fused-ring (bicyclic) bond motifs is 1. The van der Waals surface area contributed by atoms with Crippen molar-refractivity contribution in [1.29, 1.82) is 0 Å². The van der Waals surface area contributed by atoms with E-state index in [1.165, 1.54) is 11.8 Å². The summed E-state index contributed by atoms with van der Waals surface area (Å²) < 4.78 is 3.85. The van der Waals surface area contributed by atoms with Crippen molar-refractivity contribution in [3.8, 4) is 0 Å². The van der Waals surface area contributed by atoms with Gasteiger partial charge in [0.2, 0.25) is 0 Å². The van der Waals surface area contributed by atoms with Crippen molar-refractivity contribution in [3.63, 3.8) is 0 Å². The molecule has 0 saturated heterocycles. The Morgan fingerprint density at radius 1 is 1.38 bits per heavy atom. The van der Waals surface area contributed by atoms with E-state index in [4.69, 9.17) is 10.7 Å². The Morgan fingerprint density at radius 2 is 2.24 bits per heavy atom. The summed E-state index contributed by atoms with van der Waals surface area (Å²) in [5.74, 6) is 0. The van der Waals surface area contributed by atoms with Gasteiger partial charge in [0.05, 0.1) is 5.69 Å². The van der Waals surface area contributed by atoms with Gasteiger partial charge in [-0.2, -0.15) is 5.10 Å². The number of nitrogens with zero attached hydrogens (tertiary/aromatic N) is 5. The molecule has 1 unspecified atom stereocenters. The molecule has 1 atom stereocenters. The second kappa shape index (κ2) is 5.87. The van der Waals surface area contributed by atoms with Crippen molar-refractivity contribution in [1.82, 2.24) is 24.1 Å². The minimum absolute atomic E-state index is 0.129. The van der Waals surface area contributed by atoms with E-state index in [-0.39, 0.29) is 6.04 Å². The van der Waals surface area contributed by atoms with Crippen molar-refractivity contribution >= 4 is 17.4 Å². The molecule has 0 spiro atoms. The molecule has 0 aliphatic heterocycles. The Balaban J connectivity index is 2.03. The minimum Gasteiger partial charge on any atom is -0.327 e. The van der Waals surface area contributed by atoms with Crippen LogP contribution in [0.15, 0.2) is 40.9 Å². The van der Waals surface area contributed by atoms with Crippen molar-refractivity contribution in [3.05, 3.63) is 36.4 Å². The predicted octanol–water partition coefficient (Wildman–Crippen LogP) is 1.89. The fraction of sp³-hybridized carbons (Fsp3) is 0.357. The fourth-order valence-corrected chi connectivity index (χ4v) is 3.04. The molecule has 0 fully saturated rings. The van der Waals surface area contributed by atoms with Crippen LogP contribution >= 0.6 is 11.8 Å². The first kappa shape index (κ1) is 14.1. The summed E-state index contributed by atoms with van der Waals surface area (Å²) in [4.78, 5) is 8.96. The zero-order chi connectivity index (χ0) is 14.8. The van der Waals surface area contributed by atoms with Gasteiger partial charge in [0.15, 0.2) is 5.16 Å². The lowest BCUT2D eigenvalue weighted by Gasteiger charge is -2.10. The number of pyridine rings is 1. The van der Waals surface area contributed by atoms with Crippen LogP contribution in [0.4, 0.5) is 0 Å². The van der Waals surface area contributed by atoms with Gasteiger partial charge in [-0.15, -0.1) is 0 Å². The molecule has 0 aliphatic rings. The number of hydrogen-bond acceptors (Lipinski definition) is 5. The zero-order valence-corrected chi connectivity index (χ0v) is 12.9. The second-order valence-corrected chi connectivity index (χ2v) is 5.89. The van der Waals surface area contributed by atoms with E-state index >= 15 is 0 Å². The molecule has 0 saturated carbocycles. The van der Waals surface area contributed by atoms with Crippen LogP contribution in [-0.4, -0.2) is 30.2 Å². The first-order valence-electron chi connectivity index (χ1n) is 6.92. The summed E-state index contributed by atoms with van der Waals surface area (Å²) in [5, 5.41) is 5.87. The molecule has 3 heterocycles. The molecule has 110 valence electrons. The molecule has 21 heavy (non-hydrogen) atoms. The highest BCUT2D eigenvalue weighted by atomic mass is 32.2. The minimum atomic E-state index is 0.129. The zero-order valence-electron chi connectivity index (χ0n) is 12.1. The van der Waals surface area contributed by atoms with Gasteiger partial charge >= 0.3 is 0 Å². The Hall–Kier alpha value is -1.86. The maximum absolute atomic E-state index is 6.14. The van der Waals surface area contributed by atoms with Crippen LogP contribution in [0.5, 0.6) is 0 Å². The Labute approximate surface area is 127 Å². The molecule has 0 amide bonds. The SMILES string of the molecule is CCC(N)Cc1c(Sc2ncnn2C)nc2ccccn12. The number of aryl methyl sites for hydroxylation is 1. The van der Waals surface area contributed by atoms with E-state index in [2.05, 4.69) is 21.4 Å². The second-order valence-electron chi connectivity index (χ2n) is 4.93. The fourth-order valence-electron chi connectivity index (χ4n) is 2.15. The maximum atomic E-state index is 6.14. The summed E-state index contributed by atoms with van der Waals surface area (Å²) in [7, 11) is 1.88. The number of nitrogens with two attached hydrogens (primary N) is 1. The van der Waals surface area contributed by atoms with Crippen LogP contribution < -0.4 is 5.73 Å². The summed E-state index contributed by atoms with van der Waals surface area (Å²) in [6, 6.07) is 6.13. The van der Waals surface area contributed by atoms with Gasteiger partial charge in [-0.3, -0.25) is 0 Å². The van der Waals surface area contributed by atoms with Crippen molar-refractivity contribution in [2.75, 3.05) is 0 Å². The highest BCUT2D eigenvalue weighted by Crippen LogP contribution is 2.29. The smallest absolute Gasteiger partial charge is 0.192 e. The Morgan fingerprint density at radius 3 is 2.95 bits per heavy atom. The molecule has 3 aromatic rings. The average molecular weight is 302 g/mol. The Kier molecular flexibility index (Phi) is 3.94. The normalized spacial score (nSPS) is 12.9. The number of aromatic nitrogens is 5. The molecule has 3 rings (SSSR count). The number of rotatable bonds is 5. The van der Waals surface area contributed by atoms with Gasteiger partial charge in [-0.05, 0) is 30.3 Å². The van der Waals surface area contributed by atoms with E-state index in [1.54, 1.807) is 11.0 Å². The lowest BCUT2D eigenvalue weighted by molar-refractivity contribution is 0.626. The van der Waals surface area contributed by atoms with Crippen molar-refractivity contribution in [2.24, 2.45) is 12.8 Å². The van der Waals surface area contributed by atoms with Gasteiger partial charge in [0.25, 0.3) is 0 Å². The molecular formula is C14H18N6S. The van der Waals surface area contributed by atoms with Crippen LogP contribution in [0.2, 0.25) is 0 Å². The van der Waals surface area contributed by atoms with Crippen LogP contribution in [0.1, 0.15) is 19.0 Å². The Bertz CT molecular complexity index is 747. The first-order chi connectivity index (χ1) is 10.2. The van der Waals surface area contributed by atoms with E-state index in [0.29, 0.717) is 0 Å². The molecule has 7 heteroatoms. The summed E-state index contributed by atoms with van der Waals surface area (Å²) >= 11 is 1.53. The van der Waals surface area contributed by atoms with Crippen LogP contribution in [-0.2, 0) is 13.5 Å². The van der Waals surface area contributed by atoms with Crippen LogP contribution in [0, 0.1) is 0 Å². The first-order valence-corrected chi connectivity index (χ1v) is 7.74. The van der Waals surface area contributed by atoms with Gasteiger partial charge in [0.1, 0.15) is 17.0 Å². The highest BCUT2D eigenvalue weighted by molar-refractivity contribution is 7.99. The largest absolute Gasteiger partial charge is 0.327 e. The van der Waals surface area contributed by atoms with E-state index in [9.17, 15) is 0 Å². The van der Waals surface area contributed by atoms with E-state index < -0.39 is 0 Å². The average Bonchev–Trinajstić information content (AvgIpc) is 3.04. The molecule has 0 aliphatic carbocycles. The molecule has 0 bridgehead atoms. The monoisotopic (exact) mass is 302 g/mol. The van der Waals surface area contributed by atoms with E-state index in [0.717, 1.165) is 34.4 Å². The van der Waals surface area contributed by atoms with Gasteiger partial charge in [0, 0.05) is 25.7 Å². The summed E-state index contributed by atoms with van der Waals surface area (Å²) in [6.45, 7) is 2.10. The van der Waals surface area contributed by atoms with Gasteiger partial charge in [-0.25, -0.2) is 14.6 Å². The lowest BCUT2D eigenvalue weighted by atomic mass is 10.1. The summed E-state index contributed by atoms with van der Waals surface area (Å²) in [5.41, 5.74) is 8.21. The van der Waals surface area contributed by atoms with Crippen molar-refractivity contribution in [2.45, 2.75) is 36.0 Å². The molecule has 3 aromatic heterocycles. The topological polar surface area (TPSA) is 74.0 Å². The highest BCUT2D eigenvalue weighted by Gasteiger charge is 2.17. The lowest BCUT2D eigenvalue weighted by Crippen LogP contribution is -2.22. The van der Waals surface area contributed by atoms with Crippen molar-refractivity contribution < 1.29 is 0 Å². The maximum Gasteiger partial charge on any atom is 0.192 e. The third-order valence-corrected chi connectivity index (χ3v) is 4.50. The molecular weight excluding hydrogens is 284 g/mol. The number of hydrogen-bond donors (Lipinski definition) is 1. The van der Waals surface area contributed by atoms with Gasteiger partial charge < -0.3 is 10.1 Å². The number of imidazole rings is 1. The standard InChI is InChI=1S/C14H18N6S/c1-3-10(15)8-11-13(21-14-16-9-17-19(14)2)18-12-6-4-5-7-20(11)12/h4-7,9-10H,3,8,15H2,1-2H3. The molecule has 6 nitrogen and oxygen atoms in total. The molecule has 0 aromatic carbocycles. The van der Waals surface area contributed by atoms with Crippen LogP contribution in [0.25, 0.3) is 5.65 Å². The predicted molar refractivity (Wildman–Crippen MR) is 82.3 cm³/mol. The summed E-state index contributed by atoms with van der Waals surface area (Å²) in [6.07, 6.45) is 5.31. The molecule has 0 radical (unpaired) electrons. The van der Waals surface area contributed by atoms with Crippen LogP contribution in [0.3, 0.4) is 0 Å². The van der Waals surface area contributed by atoms with Gasteiger partial charge in [-0.1, -0.05) is 13.0 Å². The molecule has 2 N–H and O–H groups in total. The third-order valence-electron chi connectivity index (χ3n) is 3.43.